The summed E-state index contributed by atoms with van der Waals surface area (Å²) in [5.41, 5.74) is 4.16. The van der Waals surface area contributed by atoms with Gasteiger partial charge in [0.25, 0.3) is 17.7 Å². The summed E-state index contributed by atoms with van der Waals surface area (Å²) in [6.45, 7) is 4.95. The van der Waals surface area contributed by atoms with E-state index < -0.39 is 5.91 Å². The molecular formula is C28H27N3O3. The highest BCUT2D eigenvalue weighted by Crippen LogP contribution is 2.31. The lowest BCUT2D eigenvalue weighted by atomic mass is 10.0. The monoisotopic (exact) mass is 453 g/mol. The van der Waals surface area contributed by atoms with Crippen LogP contribution < -0.4 is 10.2 Å². The number of fused-ring (bicyclic) bond motifs is 1. The Balaban J connectivity index is 1.33. The molecule has 2 aliphatic rings. The van der Waals surface area contributed by atoms with E-state index in [4.69, 9.17) is 0 Å². The molecule has 0 bridgehead atoms. The van der Waals surface area contributed by atoms with E-state index in [-0.39, 0.29) is 17.4 Å². The number of nitrogens with one attached hydrogen (secondary N) is 1. The van der Waals surface area contributed by atoms with Gasteiger partial charge in [-0.05, 0) is 80.4 Å². The molecule has 0 aliphatic carbocycles. The first-order chi connectivity index (χ1) is 16.5. The Kier molecular flexibility index (Phi) is 5.99. The summed E-state index contributed by atoms with van der Waals surface area (Å²) in [6, 6.07) is 19.8. The second-order valence-corrected chi connectivity index (χ2v) is 8.98. The molecule has 0 unspecified atom stereocenters. The number of carbonyl (C=O) groups is 3. The third-order valence-electron chi connectivity index (χ3n) is 6.54. The predicted octanol–water partition coefficient (Wildman–Crippen LogP) is 5.03. The fraction of sp³-hybridized carbons (Fsp3) is 0.250. The van der Waals surface area contributed by atoms with Crippen LogP contribution in [-0.4, -0.2) is 35.7 Å². The maximum atomic E-state index is 13.1. The number of para-hydroxylation sites is 1. The Morgan fingerprint density at radius 1 is 0.853 bits per heavy atom. The Labute approximate surface area is 199 Å². The van der Waals surface area contributed by atoms with Crippen LogP contribution in [0.2, 0.25) is 0 Å². The Bertz CT molecular complexity index is 1280. The number of rotatable bonds is 5. The smallest absolute Gasteiger partial charge is 0.266 e. The lowest BCUT2D eigenvalue weighted by Crippen LogP contribution is -2.29. The highest BCUT2D eigenvalue weighted by molar-refractivity contribution is 6.35. The van der Waals surface area contributed by atoms with Crippen molar-refractivity contribution >= 4 is 29.1 Å². The van der Waals surface area contributed by atoms with Crippen LogP contribution in [0.3, 0.4) is 0 Å². The fourth-order valence-electron chi connectivity index (χ4n) is 4.74. The number of nitrogens with zero attached hydrogens (tertiary/aromatic N) is 2. The number of likely N-dealkylation sites (tertiary alicyclic amines) is 1. The number of amides is 3. The molecule has 1 N–H and O–H groups in total. The van der Waals surface area contributed by atoms with Crippen molar-refractivity contribution < 1.29 is 14.4 Å². The SMILES string of the molecule is Cc1ccccc1N1C(=O)c2ccc(C(=O)Nc3cccc(CN4CCCCC4)c3)cc2C1=O. The molecule has 34 heavy (non-hydrogen) atoms. The van der Waals surface area contributed by atoms with Crippen molar-refractivity contribution in [1.82, 2.24) is 4.90 Å². The van der Waals surface area contributed by atoms with Gasteiger partial charge in [-0.2, -0.15) is 0 Å². The van der Waals surface area contributed by atoms with Crippen LogP contribution in [0.5, 0.6) is 0 Å². The van der Waals surface area contributed by atoms with Crippen LogP contribution >= 0.6 is 0 Å². The summed E-state index contributed by atoms with van der Waals surface area (Å²) in [6.07, 6.45) is 3.76. The van der Waals surface area contributed by atoms with E-state index in [9.17, 15) is 14.4 Å². The van der Waals surface area contributed by atoms with Gasteiger partial charge in [0.1, 0.15) is 0 Å². The molecule has 5 rings (SSSR count). The molecule has 3 aromatic rings. The highest BCUT2D eigenvalue weighted by Gasteiger charge is 2.37. The molecule has 2 aliphatic heterocycles. The molecule has 0 spiro atoms. The number of piperidine rings is 1. The van der Waals surface area contributed by atoms with Crippen molar-refractivity contribution in [3.8, 4) is 0 Å². The molecular weight excluding hydrogens is 426 g/mol. The van der Waals surface area contributed by atoms with E-state index in [1.165, 1.54) is 30.2 Å². The molecule has 1 fully saturated rings. The molecule has 3 aromatic carbocycles. The van der Waals surface area contributed by atoms with Gasteiger partial charge in [0, 0.05) is 17.8 Å². The summed E-state index contributed by atoms with van der Waals surface area (Å²) in [4.78, 5) is 42.6. The van der Waals surface area contributed by atoms with Gasteiger partial charge < -0.3 is 5.32 Å². The third-order valence-corrected chi connectivity index (χ3v) is 6.54. The second kappa shape index (κ2) is 9.23. The Hall–Kier alpha value is -3.77. The first-order valence-electron chi connectivity index (χ1n) is 11.7. The predicted molar refractivity (Wildman–Crippen MR) is 132 cm³/mol. The summed E-state index contributed by atoms with van der Waals surface area (Å²) in [5, 5.41) is 2.94. The van der Waals surface area contributed by atoms with E-state index >= 15 is 0 Å². The molecule has 1 saturated heterocycles. The lowest BCUT2D eigenvalue weighted by Gasteiger charge is -2.26. The first kappa shape index (κ1) is 22.0. The van der Waals surface area contributed by atoms with Crippen LogP contribution in [0.15, 0.2) is 66.7 Å². The summed E-state index contributed by atoms with van der Waals surface area (Å²) in [5.74, 6) is -1.09. The zero-order chi connectivity index (χ0) is 23.7. The Morgan fingerprint density at radius 3 is 2.41 bits per heavy atom. The average Bonchev–Trinajstić information content (AvgIpc) is 3.09. The quantitative estimate of drug-likeness (QED) is 0.550. The van der Waals surface area contributed by atoms with Crippen LogP contribution in [0.4, 0.5) is 11.4 Å². The van der Waals surface area contributed by atoms with Gasteiger partial charge in [-0.15, -0.1) is 0 Å². The van der Waals surface area contributed by atoms with Crippen molar-refractivity contribution in [3.05, 3.63) is 94.5 Å². The van der Waals surface area contributed by atoms with Crippen LogP contribution in [-0.2, 0) is 6.54 Å². The molecule has 6 heteroatoms. The van der Waals surface area contributed by atoms with Gasteiger partial charge in [0.2, 0.25) is 0 Å². The minimum atomic E-state index is -0.410. The first-order valence-corrected chi connectivity index (χ1v) is 11.7. The number of benzene rings is 3. The minimum Gasteiger partial charge on any atom is -0.322 e. The van der Waals surface area contributed by atoms with Gasteiger partial charge in [-0.1, -0.05) is 36.8 Å². The molecule has 0 radical (unpaired) electrons. The molecule has 6 nitrogen and oxygen atoms in total. The van der Waals surface area contributed by atoms with Crippen LogP contribution in [0.25, 0.3) is 0 Å². The van der Waals surface area contributed by atoms with Crippen molar-refractivity contribution in [3.63, 3.8) is 0 Å². The molecule has 3 amide bonds. The minimum absolute atomic E-state index is 0.250. The zero-order valence-electron chi connectivity index (χ0n) is 19.2. The molecule has 2 heterocycles. The van der Waals surface area contributed by atoms with Gasteiger partial charge >= 0.3 is 0 Å². The van der Waals surface area contributed by atoms with Crippen molar-refractivity contribution in [2.24, 2.45) is 0 Å². The zero-order valence-corrected chi connectivity index (χ0v) is 19.2. The van der Waals surface area contributed by atoms with Crippen LogP contribution in [0, 0.1) is 6.92 Å². The standard InChI is InChI=1S/C28H27N3O3/c1-19-8-3-4-11-25(19)31-27(33)23-13-12-21(17-24(23)28(31)34)26(32)29-22-10-7-9-20(16-22)18-30-14-5-2-6-15-30/h3-4,7-13,16-17H,2,5-6,14-15,18H2,1H3,(H,29,32). The number of imide groups is 1. The number of hydrogen-bond donors (Lipinski definition) is 1. The van der Waals surface area contributed by atoms with Gasteiger partial charge in [0.15, 0.2) is 0 Å². The molecule has 0 atom stereocenters. The number of anilines is 2. The van der Waals surface area contributed by atoms with E-state index in [2.05, 4.69) is 16.3 Å². The summed E-state index contributed by atoms with van der Waals surface area (Å²) >= 11 is 0. The van der Waals surface area contributed by atoms with E-state index in [1.807, 2.05) is 37.3 Å². The normalized spacial score (nSPS) is 16.0. The largest absolute Gasteiger partial charge is 0.322 e. The summed E-state index contributed by atoms with van der Waals surface area (Å²) < 4.78 is 0. The van der Waals surface area contributed by atoms with Crippen molar-refractivity contribution in [2.75, 3.05) is 23.3 Å². The maximum absolute atomic E-state index is 13.1. The summed E-state index contributed by atoms with van der Waals surface area (Å²) in [7, 11) is 0. The fourth-order valence-corrected chi connectivity index (χ4v) is 4.74. The number of carbonyl (C=O) groups excluding carboxylic acids is 3. The maximum Gasteiger partial charge on any atom is 0.266 e. The van der Waals surface area contributed by atoms with Crippen molar-refractivity contribution in [2.45, 2.75) is 32.7 Å². The van der Waals surface area contributed by atoms with Gasteiger partial charge in [-0.3, -0.25) is 19.3 Å². The molecule has 172 valence electrons. The average molecular weight is 454 g/mol. The molecule has 0 aromatic heterocycles. The van der Waals surface area contributed by atoms with Gasteiger partial charge in [-0.25, -0.2) is 4.90 Å². The van der Waals surface area contributed by atoms with E-state index in [0.29, 0.717) is 22.5 Å². The lowest BCUT2D eigenvalue weighted by molar-refractivity contribution is 0.0925. The number of aryl methyl sites for hydroxylation is 1. The van der Waals surface area contributed by atoms with Gasteiger partial charge in [0.05, 0.1) is 16.8 Å². The van der Waals surface area contributed by atoms with E-state index in [1.54, 1.807) is 24.3 Å². The van der Waals surface area contributed by atoms with Crippen molar-refractivity contribution in [1.29, 1.82) is 0 Å². The topological polar surface area (TPSA) is 69.7 Å². The Morgan fingerprint density at radius 2 is 1.62 bits per heavy atom. The van der Waals surface area contributed by atoms with Crippen LogP contribution in [0.1, 0.15) is 61.5 Å². The molecule has 0 saturated carbocycles. The van der Waals surface area contributed by atoms with E-state index in [0.717, 1.165) is 30.8 Å². The number of hydrogen-bond acceptors (Lipinski definition) is 4. The second-order valence-electron chi connectivity index (χ2n) is 8.98. The third kappa shape index (κ3) is 4.24. The highest BCUT2D eigenvalue weighted by atomic mass is 16.2.